The molecule has 1 rings (SSSR count). The Kier molecular flexibility index (Phi) is 5.11. The van der Waals surface area contributed by atoms with Crippen LogP contribution in [0.2, 0.25) is 0 Å². The molecule has 0 unspecified atom stereocenters. The fourth-order valence-electron chi connectivity index (χ4n) is 1.18. The second-order valence-corrected chi connectivity index (χ2v) is 4.49. The molecule has 6 nitrogen and oxygen atoms in total. The minimum Gasteiger partial charge on any atom is -0.480 e. The van der Waals surface area contributed by atoms with Crippen LogP contribution in [-0.2, 0) is 4.79 Å². The number of nitrogens with one attached hydrogen (secondary N) is 2. The quantitative estimate of drug-likeness (QED) is 0.673. The highest BCUT2D eigenvalue weighted by Gasteiger charge is 2.18. The van der Waals surface area contributed by atoms with E-state index >= 15 is 0 Å². The number of aliphatic hydroxyl groups excluding tert-OH is 1. The summed E-state index contributed by atoms with van der Waals surface area (Å²) in [5, 5.41) is 22.0. The summed E-state index contributed by atoms with van der Waals surface area (Å²) in [6, 6.07) is 3.18. The van der Waals surface area contributed by atoms with Gasteiger partial charge in [-0.1, -0.05) is 22.0 Å². The van der Waals surface area contributed by atoms with Crippen LogP contribution in [0.4, 0.5) is 10.5 Å². The Morgan fingerprint density at radius 2 is 2.11 bits per heavy atom. The summed E-state index contributed by atoms with van der Waals surface area (Å²) in [5.74, 6) is -1.29. The lowest BCUT2D eigenvalue weighted by Crippen LogP contribution is -2.45. The highest BCUT2D eigenvalue weighted by molar-refractivity contribution is 9.10. The van der Waals surface area contributed by atoms with Gasteiger partial charge < -0.3 is 20.8 Å². The van der Waals surface area contributed by atoms with Gasteiger partial charge in [-0.15, -0.1) is 0 Å². The predicted molar refractivity (Wildman–Crippen MR) is 69.5 cm³/mol. The van der Waals surface area contributed by atoms with Gasteiger partial charge >= 0.3 is 12.0 Å². The van der Waals surface area contributed by atoms with Crippen molar-refractivity contribution in [3.8, 4) is 0 Å². The lowest BCUT2D eigenvalue weighted by molar-refractivity contribution is -0.140. The Labute approximate surface area is 112 Å². The van der Waals surface area contributed by atoms with Gasteiger partial charge in [0.05, 0.1) is 6.61 Å². The molecule has 0 spiro atoms. The second kappa shape index (κ2) is 6.36. The van der Waals surface area contributed by atoms with Crippen LogP contribution >= 0.6 is 15.9 Å². The van der Waals surface area contributed by atoms with Gasteiger partial charge in [0, 0.05) is 10.2 Å². The van der Waals surface area contributed by atoms with Crippen LogP contribution in [0.1, 0.15) is 5.56 Å². The van der Waals surface area contributed by atoms with Crippen molar-refractivity contribution in [2.75, 3.05) is 11.9 Å². The first kappa shape index (κ1) is 14.5. The molecule has 2 amide bonds. The molecular formula is C11H13BrN2O4. The number of aliphatic hydroxyl groups is 1. The van der Waals surface area contributed by atoms with Crippen molar-refractivity contribution in [2.24, 2.45) is 0 Å². The molecule has 7 heteroatoms. The van der Waals surface area contributed by atoms with Crippen molar-refractivity contribution in [3.05, 3.63) is 28.2 Å². The number of carbonyl (C=O) groups is 2. The Hall–Kier alpha value is -1.60. The van der Waals surface area contributed by atoms with Crippen LogP contribution in [0.25, 0.3) is 0 Å². The molecular weight excluding hydrogens is 304 g/mol. The van der Waals surface area contributed by atoms with Gasteiger partial charge in [0.25, 0.3) is 0 Å². The molecule has 0 radical (unpaired) electrons. The van der Waals surface area contributed by atoms with E-state index in [9.17, 15) is 9.59 Å². The monoisotopic (exact) mass is 316 g/mol. The van der Waals surface area contributed by atoms with Crippen LogP contribution in [-0.4, -0.2) is 34.9 Å². The smallest absolute Gasteiger partial charge is 0.328 e. The van der Waals surface area contributed by atoms with E-state index in [0.717, 1.165) is 10.0 Å². The Morgan fingerprint density at radius 1 is 1.44 bits per heavy atom. The van der Waals surface area contributed by atoms with E-state index in [4.69, 9.17) is 10.2 Å². The third-order valence-corrected chi connectivity index (χ3v) is 3.07. The number of aliphatic carboxylic acids is 1. The molecule has 18 heavy (non-hydrogen) atoms. The second-order valence-electron chi connectivity index (χ2n) is 3.64. The zero-order chi connectivity index (χ0) is 13.7. The van der Waals surface area contributed by atoms with Gasteiger partial charge in [-0.2, -0.15) is 0 Å². The van der Waals surface area contributed by atoms with E-state index in [2.05, 4.69) is 26.6 Å². The summed E-state index contributed by atoms with van der Waals surface area (Å²) >= 11 is 3.32. The van der Waals surface area contributed by atoms with Crippen molar-refractivity contribution in [2.45, 2.75) is 13.0 Å². The molecule has 1 aromatic rings. The van der Waals surface area contributed by atoms with Crippen LogP contribution in [0.3, 0.4) is 0 Å². The molecule has 0 saturated heterocycles. The summed E-state index contributed by atoms with van der Waals surface area (Å²) < 4.78 is 0.831. The number of benzene rings is 1. The van der Waals surface area contributed by atoms with Gasteiger partial charge in [-0.3, -0.25) is 0 Å². The number of rotatable bonds is 4. The highest BCUT2D eigenvalue weighted by atomic mass is 79.9. The first-order valence-corrected chi connectivity index (χ1v) is 5.90. The maximum atomic E-state index is 11.5. The van der Waals surface area contributed by atoms with E-state index in [1.54, 1.807) is 18.2 Å². The molecule has 0 heterocycles. The van der Waals surface area contributed by atoms with E-state index in [-0.39, 0.29) is 0 Å². The average molecular weight is 317 g/mol. The SMILES string of the molecule is Cc1ccc(NC(=O)N[C@@H](CO)C(=O)O)cc1Br. The lowest BCUT2D eigenvalue weighted by atomic mass is 10.2. The topological polar surface area (TPSA) is 98.7 Å². The molecule has 4 N–H and O–H groups in total. The molecule has 0 bridgehead atoms. The number of anilines is 1. The van der Waals surface area contributed by atoms with Crippen molar-refractivity contribution in [1.29, 1.82) is 0 Å². The Morgan fingerprint density at radius 3 is 2.61 bits per heavy atom. The molecule has 0 aliphatic rings. The zero-order valence-corrected chi connectivity index (χ0v) is 11.2. The van der Waals surface area contributed by atoms with Crippen LogP contribution < -0.4 is 10.6 Å². The normalized spacial score (nSPS) is 11.7. The maximum absolute atomic E-state index is 11.5. The molecule has 1 aromatic carbocycles. The average Bonchev–Trinajstić information content (AvgIpc) is 2.30. The Bertz CT molecular complexity index is 464. The number of urea groups is 1. The van der Waals surface area contributed by atoms with Gasteiger partial charge in [-0.25, -0.2) is 9.59 Å². The van der Waals surface area contributed by atoms with E-state index in [1.165, 1.54) is 0 Å². The van der Waals surface area contributed by atoms with Crippen LogP contribution in [0.5, 0.6) is 0 Å². The minimum atomic E-state index is -1.32. The third-order valence-electron chi connectivity index (χ3n) is 2.22. The number of aryl methyl sites for hydroxylation is 1. The predicted octanol–water partition coefficient (Wildman–Crippen LogP) is 1.32. The van der Waals surface area contributed by atoms with Crippen molar-refractivity contribution >= 4 is 33.6 Å². The van der Waals surface area contributed by atoms with Gasteiger partial charge in [0.15, 0.2) is 6.04 Å². The van der Waals surface area contributed by atoms with E-state index in [1.807, 2.05) is 6.92 Å². The number of amides is 2. The fourth-order valence-corrected chi connectivity index (χ4v) is 1.56. The van der Waals surface area contributed by atoms with Gasteiger partial charge in [-0.05, 0) is 24.6 Å². The Balaban J connectivity index is 2.64. The highest BCUT2D eigenvalue weighted by Crippen LogP contribution is 2.20. The standard InChI is InChI=1S/C11H13BrN2O4/c1-6-2-3-7(4-8(6)12)13-11(18)14-9(5-15)10(16)17/h2-4,9,15H,5H2,1H3,(H,16,17)(H2,13,14,18)/t9-/m0/s1. The molecule has 0 fully saturated rings. The van der Waals surface area contributed by atoms with Gasteiger partial charge in [0.1, 0.15) is 0 Å². The number of hydrogen-bond donors (Lipinski definition) is 4. The van der Waals surface area contributed by atoms with Crippen LogP contribution in [0.15, 0.2) is 22.7 Å². The van der Waals surface area contributed by atoms with Crippen molar-refractivity contribution in [1.82, 2.24) is 5.32 Å². The lowest BCUT2D eigenvalue weighted by Gasteiger charge is -2.13. The maximum Gasteiger partial charge on any atom is 0.328 e. The summed E-state index contributed by atoms with van der Waals surface area (Å²) in [5.41, 5.74) is 1.53. The number of halogens is 1. The van der Waals surface area contributed by atoms with Crippen molar-refractivity contribution in [3.63, 3.8) is 0 Å². The summed E-state index contributed by atoms with van der Waals surface area (Å²) in [6.45, 7) is 1.24. The molecule has 0 saturated carbocycles. The fraction of sp³-hybridized carbons (Fsp3) is 0.273. The molecule has 1 atom stereocenters. The zero-order valence-electron chi connectivity index (χ0n) is 9.61. The molecule has 0 aliphatic heterocycles. The molecule has 98 valence electrons. The summed E-state index contributed by atoms with van der Waals surface area (Å²) in [4.78, 5) is 22.1. The number of carbonyl (C=O) groups excluding carboxylic acids is 1. The molecule has 0 aromatic heterocycles. The van der Waals surface area contributed by atoms with Crippen molar-refractivity contribution < 1.29 is 19.8 Å². The van der Waals surface area contributed by atoms with Gasteiger partial charge in [0.2, 0.25) is 0 Å². The van der Waals surface area contributed by atoms with Crippen LogP contribution in [0, 0.1) is 6.92 Å². The number of carboxylic acids is 1. The minimum absolute atomic E-state index is 0.520. The largest absolute Gasteiger partial charge is 0.480 e. The third kappa shape index (κ3) is 4.01. The summed E-state index contributed by atoms with van der Waals surface area (Å²) in [6.07, 6.45) is 0. The first-order chi connectivity index (χ1) is 8.43. The molecule has 0 aliphatic carbocycles. The number of hydrogen-bond acceptors (Lipinski definition) is 3. The van der Waals surface area contributed by atoms with E-state index in [0.29, 0.717) is 5.69 Å². The first-order valence-electron chi connectivity index (χ1n) is 5.11. The van der Waals surface area contributed by atoms with E-state index < -0.39 is 24.6 Å². The summed E-state index contributed by atoms with van der Waals surface area (Å²) in [7, 11) is 0. The number of carboxylic acid groups (broad SMARTS) is 1.